The lowest BCUT2D eigenvalue weighted by Gasteiger charge is -2.33. The van der Waals surface area contributed by atoms with Crippen molar-refractivity contribution in [1.29, 1.82) is 0 Å². The van der Waals surface area contributed by atoms with Crippen molar-refractivity contribution < 1.29 is 14.4 Å². The second-order valence-electron chi connectivity index (χ2n) is 7.58. The van der Waals surface area contributed by atoms with Gasteiger partial charge in [0.1, 0.15) is 0 Å². The first kappa shape index (κ1) is 21.6. The molecule has 2 aliphatic rings. The van der Waals surface area contributed by atoms with Crippen molar-refractivity contribution in [3.63, 3.8) is 0 Å². The van der Waals surface area contributed by atoms with Crippen molar-refractivity contribution in [2.75, 3.05) is 44.2 Å². The van der Waals surface area contributed by atoms with Gasteiger partial charge in [-0.15, -0.1) is 0 Å². The fourth-order valence-corrected chi connectivity index (χ4v) is 4.81. The molecular formula is C21H30N4O3S. The molecule has 2 fully saturated rings. The van der Waals surface area contributed by atoms with E-state index < -0.39 is 5.91 Å². The van der Waals surface area contributed by atoms with Gasteiger partial charge in [-0.3, -0.25) is 19.3 Å². The van der Waals surface area contributed by atoms with Gasteiger partial charge in [-0.25, -0.2) is 0 Å². The van der Waals surface area contributed by atoms with Gasteiger partial charge in [0, 0.05) is 44.1 Å². The molecule has 2 heterocycles. The quantitative estimate of drug-likeness (QED) is 0.679. The van der Waals surface area contributed by atoms with Gasteiger partial charge >= 0.3 is 0 Å². The van der Waals surface area contributed by atoms with Crippen LogP contribution in [0.4, 0.5) is 0 Å². The van der Waals surface area contributed by atoms with E-state index >= 15 is 0 Å². The molecule has 2 saturated heterocycles. The van der Waals surface area contributed by atoms with Crippen molar-refractivity contribution in [3.8, 4) is 0 Å². The smallest absolute Gasteiger partial charge is 0.239 e. The molecule has 3 amide bonds. The zero-order valence-corrected chi connectivity index (χ0v) is 17.6. The highest BCUT2D eigenvalue weighted by atomic mass is 32.2. The van der Waals surface area contributed by atoms with Crippen LogP contribution in [0.1, 0.15) is 24.8 Å². The van der Waals surface area contributed by atoms with Crippen LogP contribution in [0.5, 0.6) is 0 Å². The zero-order chi connectivity index (χ0) is 20.6. The van der Waals surface area contributed by atoms with Crippen LogP contribution in [0.25, 0.3) is 0 Å². The Morgan fingerprint density at radius 2 is 1.83 bits per heavy atom. The molecule has 1 atom stereocenters. The lowest BCUT2D eigenvalue weighted by atomic mass is 10.1. The Labute approximate surface area is 176 Å². The molecule has 2 aliphatic heterocycles. The Balaban J connectivity index is 1.63. The van der Waals surface area contributed by atoms with Gasteiger partial charge in [0.2, 0.25) is 17.7 Å². The van der Waals surface area contributed by atoms with E-state index in [2.05, 4.69) is 0 Å². The highest BCUT2D eigenvalue weighted by Crippen LogP contribution is 2.21. The number of likely N-dealkylation sites (tertiary alicyclic amines) is 1. The number of thioether (sulfide) groups is 1. The highest BCUT2D eigenvalue weighted by Gasteiger charge is 2.35. The number of carbonyl (C=O) groups excluding carboxylic acids is 3. The Bertz CT molecular complexity index is 709. The summed E-state index contributed by atoms with van der Waals surface area (Å²) in [7, 11) is 0. The average molecular weight is 419 g/mol. The molecule has 0 radical (unpaired) electrons. The Hall–Kier alpha value is -2.06. The number of benzene rings is 1. The van der Waals surface area contributed by atoms with Crippen LogP contribution in [0, 0.1) is 0 Å². The largest absolute Gasteiger partial charge is 0.370 e. The van der Waals surface area contributed by atoms with Crippen molar-refractivity contribution in [2.24, 2.45) is 5.73 Å². The maximum atomic E-state index is 13.1. The minimum absolute atomic E-state index is 0.0657. The Morgan fingerprint density at radius 3 is 2.52 bits per heavy atom. The summed E-state index contributed by atoms with van der Waals surface area (Å²) in [6, 6.07) is 9.49. The number of nitrogens with zero attached hydrogens (tertiary/aromatic N) is 3. The molecule has 158 valence electrons. The van der Waals surface area contributed by atoms with E-state index in [0.717, 1.165) is 49.5 Å². The molecule has 0 aliphatic carbocycles. The molecule has 2 N–H and O–H groups in total. The standard InChI is InChI=1S/C21H30N4O3S/c22-19(26)8-10-25(15-17-5-2-1-3-6-17)20(27)16-24-9-4-7-18(24)21(28)23-11-13-29-14-12-23/h1-3,5-6,18H,4,7-16H2,(H2,22,26). The number of carbonyl (C=O) groups is 3. The summed E-state index contributed by atoms with van der Waals surface area (Å²) in [5.41, 5.74) is 6.31. The predicted octanol–water partition coefficient (Wildman–Crippen LogP) is 0.930. The highest BCUT2D eigenvalue weighted by molar-refractivity contribution is 7.99. The molecule has 0 spiro atoms. The molecular weight excluding hydrogens is 388 g/mol. The van der Waals surface area contributed by atoms with E-state index in [0.29, 0.717) is 13.1 Å². The first-order valence-corrected chi connectivity index (χ1v) is 11.4. The van der Waals surface area contributed by atoms with E-state index in [1.165, 1.54) is 0 Å². The molecule has 0 bridgehead atoms. The third-order valence-corrected chi connectivity index (χ3v) is 6.45. The van der Waals surface area contributed by atoms with Gasteiger partial charge in [0.25, 0.3) is 0 Å². The number of hydrogen-bond donors (Lipinski definition) is 1. The van der Waals surface area contributed by atoms with Crippen LogP contribution in [0.2, 0.25) is 0 Å². The van der Waals surface area contributed by atoms with Crippen molar-refractivity contribution in [2.45, 2.75) is 31.8 Å². The van der Waals surface area contributed by atoms with Gasteiger partial charge in [-0.2, -0.15) is 11.8 Å². The molecule has 29 heavy (non-hydrogen) atoms. The summed E-state index contributed by atoms with van der Waals surface area (Å²) < 4.78 is 0. The lowest BCUT2D eigenvalue weighted by molar-refractivity contribution is -0.138. The van der Waals surface area contributed by atoms with E-state index in [-0.39, 0.29) is 30.8 Å². The molecule has 0 aromatic heterocycles. The predicted molar refractivity (Wildman–Crippen MR) is 114 cm³/mol. The van der Waals surface area contributed by atoms with Crippen LogP contribution in [0.3, 0.4) is 0 Å². The second-order valence-corrected chi connectivity index (χ2v) is 8.81. The molecule has 7 nitrogen and oxygen atoms in total. The van der Waals surface area contributed by atoms with Gasteiger partial charge in [0.15, 0.2) is 0 Å². The summed E-state index contributed by atoms with van der Waals surface area (Å²) >= 11 is 1.88. The molecule has 3 rings (SSSR count). The van der Waals surface area contributed by atoms with E-state index in [9.17, 15) is 14.4 Å². The molecule has 1 unspecified atom stereocenters. The van der Waals surface area contributed by atoms with Crippen LogP contribution in [-0.2, 0) is 20.9 Å². The molecule has 8 heteroatoms. The van der Waals surface area contributed by atoms with E-state index in [1.807, 2.05) is 51.9 Å². The topological polar surface area (TPSA) is 87.0 Å². The number of nitrogens with two attached hydrogens (primary N) is 1. The van der Waals surface area contributed by atoms with Crippen LogP contribution in [-0.4, -0.2) is 82.7 Å². The zero-order valence-electron chi connectivity index (χ0n) is 16.8. The molecule has 1 aromatic rings. The number of primary amides is 1. The minimum Gasteiger partial charge on any atom is -0.370 e. The summed E-state index contributed by atoms with van der Waals surface area (Å²) in [4.78, 5) is 42.9. The number of rotatable bonds is 8. The third kappa shape index (κ3) is 6.21. The summed E-state index contributed by atoms with van der Waals surface area (Å²) in [5.74, 6) is 1.63. The van der Waals surface area contributed by atoms with E-state index in [4.69, 9.17) is 5.73 Å². The van der Waals surface area contributed by atoms with Gasteiger partial charge in [-0.1, -0.05) is 30.3 Å². The van der Waals surface area contributed by atoms with Crippen LogP contribution in [0.15, 0.2) is 30.3 Å². The third-order valence-electron chi connectivity index (χ3n) is 5.51. The fourth-order valence-electron chi connectivity index (χ4n) is 3.90. The van der Waals surface area contributed by atoms with Crippen molar-refractivity contribution in [3.05, 3.63) is 35.9 Å². The van der Waals surface area contributed by atoms with Crippen LogP contribution < -0.4 is 5.73 Å². The average Bonchev–Trinajstić information content (AvgIpc) is 3.19. The molecule has 0 saturated carbocycles. The lowest BCUT2D eigenvalue weighted by Crippen LogP contribution is -2.51. The van der Waals surface area contributed by atoms with E-state index in [1.54, 1.807) is 4.90 Å². The number of hydrogen-bond acceptors (Lipinski definition) is 5. The summed E-state index contributed by atoms with van der Waals surface area (Å²) in [6.07, 6.45) is 1.86. The normalized spacial score (nSPS) is 19.9. The van der Waals surface area contributed by atoms with Crippen LogP contribution >= 0.6 is 11.8 Å². The summed E-state index contributed by atoms with van der Waals surface area (Å²) in [6.45, 7) is 3.26. The minimum atomic E-state index is -0.423. The van der Waals surface area contributed by atoms with Crippen molar-refractivity contribution >= 4 is 29.5 Å². The molecule has 1 aromatic carbocycles. The first-order chi connectivity index (χ1) is 14.0. The first-order valence-electron chi connectivity index (χ1n) is 10.2. The Kier molecular flexibility index (Phi) is 7.94. The Morgan fingerprint density at radius 1 is 1.10 bits per heavy atom. The van der Waals surface area contributed by atoms with Gasteiger partial charge in [0.05, 0.1) is 12.6 Å². The SMILES string of the molecule is NC(=O)CCN(Cc1ccccc1)C(=O)CN1CCCC1C(=O)N1CCSCC1. The maximum Gasteiger partial charge on any atom is 0.239 e. The van der Waals surface area contributed by atoms with Crippen molar-refractivity contribution in [1.82, 2.24) is 14.7 Å². The van der Waals surface area contributed by atoms with Gasteiger partial charge in [-0.05, 0) is 24.9 Å². The monoisotopic (exact) mass is 418 g/mol. The second kappa shape index (κ2) is 10.6. The maximum absolute atomic E-state index is 13.1. The van der Waals surface area contributed by atoms with Gasteiger partial charge < -0.3 is 15.5 Å². The summed E-state index contributed by atoms with van der Waals surface area (Å²) in [5, 5.41) is 0. The number of amides is 3. The fraction of sp³-hybridized carbons (Fsp3) is 0.571.